The number of rotatable bonds is 5. The van der Waals surface area contributed by atoms with Crippen molar-refractivity contribution in [1.82, 2.24) is 19.1 Å². The van der Waals surface area contributed by atoms with Gasteiger partial charge in [0.05, 0.1) is 24.1 Å². The van der Waals surface area contributed by atoms with Crippen LogP contribution in [0.15, 0.2) is 84.3 Å². The van der Waals surface area contributed by atoms with E-state index in [0.29, 0.717) is 17.9 Å². The summed E-state index contributed by atoms with van der Waals surface area (Å²) in [6, 6.07) is 16.1. The van der Waals surface area contributed by atoms with Gasteiger partial charge in [0.15, 0.2) is 0 Å². The van der Waals surface area contributed by atoms with Crippen LogP contribution in [0, 0.1) is 5.41 Å². The van der Waals surface area contributed by atoms with Crippen molar-refractivity contribution < 1.29 is 9.15 Å². The van der Waals surface area contributed by atoms with Crippen LogP contribution < -0.4 is 10.2 Å². The highest BCUT2D eigenvalue weighted by molar-refractivity contribution is 5.91. The van der Waals surface area contributed by atoms with Crippen molar-refractivity contribution in [2.45, 2.75) is 25.4 Å². The Kier molecular flexibility index (Phi) is 4.38. The van der Waals surface area contributed by atoms with Gasteiger partial charge in [-0.25, -0.2) is 9.97 Å². The van der Waals surface area contributed by atoms with E-state index in [2.05, 4.69) is 34.2 Å². The van der Waals surface area contributed by atoms with Crippen molar-refractivity contribution in [2.75, 3.05) is 0 Å². The molecule has 32 heavy (non-hydrogen) atoms. The van der Waals surface area contributed by atoms with Crippen LogP contribution in [0.5, 0.6) is 11.6 Å². The van der Waals surface area contributed by atoms with Crippen molar-refractivity contribution in [1.29, 1.82) is 5.41 Å². The number of imidazole rings is 1. The molecule has 7 nitrogen and oxygen atoms in total. The predicted octanol–water partition coefficient (Wildman–Crippen LogP) is 4.68. The van der Waals surface area contributed by atoms with Crippen molar-refractivity contribution in [2.24, 2.45) is 0 Å². The van der Waals surface area contributed by atoms with Gasteiger partial charge >= 0.3 is 0 Å². The van der Waals surface area contributed by atoms with E-state index in [1.165, 1.54) is 0 Å². The van der Waals surface area contributed by atoms with E-state index in [4.69, 9.17) is 14.6 Å². The SMILES string of the molecule is N=c1c2c(ncn1CCCn1ccnc1)Oc1c(ccc3ccccc13)[C@@H]2c1ccco1. The smallest absolute Gasteiger partial charge is 0.228 e. The Morgan fingerprint density at radius 3 is 2.78 bits per heavy atom. The first-order chi connectivity index (χ1) is 15.8. The average molecular weight is 423 g/mol. The van der Waals surface area contributed by atoms with Crippen LogP contribution in [0.4, 0.5) is 0 Å². The molecule has 1 atom stereocenters. The normalized spacial score (nSPS) is 14.7. The highest BCUT2D eigenvalue weighted by Gasteiger charge is 2.34. The van der Waals surface area contributed by atoms with E-state index >= 15 is 0 Å². The van der Waals surface area contributed by atoms with E-state index in [1.807, 2.05) is 39.6 Å². The number of furan rings is 1. The van der Waals surface area contributed by atoms with E-state index in [1.54, 1.807) is 25.1 Å². The van der Waals surface area contributed by atoms with Crippen molar-refractivity contribution in [3.8, 4) is 11.6 Å². The Morgan fingerprint density at radius 2 is 1.94 bits per heavy atom. The molecule has 0 saturated carbocycles. The lowest BCUT2D eigenvalue weighted by atomic mass is 9.86. The highest BCUT2D eigenvalue weighted by Crippen LogP contribution is 2.47. The summed E-state index contributed by atoms with van der Waals surface area (Å²) in [7, 11) is 0. The third-order valence-electron chi connectivity index (χ3n) is 6.00. The third-order valence-corrected chi connectivity index (χ3v) is 6.00. The summed E-state index contributed by atoms with van der Waals surface area (Å²) < 4.78 is 16.1. The Morgan fingerprint density at radius 1 is 1.00 bits per heavy atom. The molecule has 0 saturated heterocycles. The average Bonchev–Trinajstić information content (AvgIpc) is 3.54. The van der Waals surface area contributed by atoms with Crippen molar-refractivity contribution in [3.05, 3.63) is 102 Å². The van der Waals surface area contributed by atoms with Crippen LogP contribution in [0.25, 0.3) is 10.8 Å². The van der Waals surface area contributed by atoms with Crippen LogP contribution in [0.3, 0.4) is 0 Å². The summed E-state index contributed by atoms with van der Waals surface area (Å²) in [5.41, 5.74) is 2.10. The molecule has 158 valence electrons. The van der Waals surface area contributed by atoms with Crippen LogP contribution >= 0.6 is 0 Å². The van der Waals surface area contributed by atoms with Gasteiger partial charge in [0.25, 0.3) is 0 Å². The van der Waals surface area contributed by atoms with Gasteiger partial charge in [-0.1, -0.05) is 36.4 Å². The first kappa shape index (κ1) is 18.6. The van der Waals surface area contributed by atoms with Gasteiger partial charge in [0, 0.05) is 36.4 Å². The zero-order chi connectivity index (χ0) is 21.5. The Bertz CT molecular complexity index is 1450. The zero-order valence-corrected chi connectivity index (χ0v) is 17.3. The fourth-order valence-electron chi connectivity index (χ4n) is 4.46. The van der Waals surface area contributed by atoms with E-state index in [-0.39, 0.29) is 5.92 Å². The molecule has 0 spiro atoms. The van der Waals surface area contributed by atoms with Crippen LogP contribution in [-0.2, 0) is 13.1 Å². The highest BCUT2D eigenvalue weighted by atomic mass is 16.5. The number of hydrogen-bond donors (Lipinski definition) is 1. The van der Waals surface area contributed by atoms with Gasteiger partial charge in [0.1, 0.15) is 23.3 Å². The molecule has 0 fully saturated rings. The Balaban J connectivity index is 1.45. The number of benzene rings is 2. The molecule has 5 aromatic rings. The molecule has 0 unspecified atom stereocenters. The minimum atomic E-state index is -0.255. The standard InChI is InChI=1S/C25H21N5O2/c26-24-22-21(20-7-3-14-31-20)19-9-8-17-5-1-2-6-18(17)23(19)32-25(22)28-16-30(24)12-4-11-29-13-10-27-15-29/h1-3,5-10,13-16,21,26H,4,11-12H2/t21-/m1/s1. The number of ether oxygens (including phenoxy) is 1. The third kappa shape index (κ3) is 3.01. The number of aromatic nitrogens is 4. The van der Waals surface area contributed by atoms with Gasteiger partial charge in [0.2, 0.25) is 5.88 Å². The van der Waals surface area contributed by atoms with Gasteiger partial charge in [-0.05, 0) is 23.9 Å². The molecule has 1 aliphatic rings. The lowest BCUT2D eigenvalue weighted by Crippen LogP contribution is -2.30. The molecule has 4 heterocycles. The van der Waals surface area contributed by atoms with Crippen molar-refractivity contribution >= 4 is 10.8 Å². The summed E-state index contributed by atoms with van der Waals surface area (Å²) in [4.78, 5) is 8.71. The molecule has 2 aromatic carbocycles. The summed E-state index contributed by atoms with van der Waals surface area (Å²) in [6.45, 7) is 1.50. The Hall–Kier alpha value is -4.13. The van der Waals surface area contributed by atoms with Gasteiger partial charge < -0.3 is 18.3 Å². The molecular formula is C25H21N5O2. The second kappa shape index (κ2) is 7.53. The number of aryl methyl sites for hydroxylation is 2. The molecule has 6 rings (SSSR count). The molecule has 3 aromatic heterocycles. The largest absolute Gasteiger partial charge is 0.468 e. The maximum Gasteiger partial charge on any atom is 0.228 e. The van der Waals surface area contributed by atoms with E-state index in [9.17, 15) is 0 Å². The Labute approximate surface area is 184 Å². The van der Waals surface area contributed by atoms with Crippen molar-refractivity contribution in [3.63, 3.8) is 0 Å². The lowest BCUT2D eigenvalue weighted by Gasteiger charge is -2.28. The monoisotopic (exact) mass is 423 g/mol. The minimum Gasteiger partial charge on any atom is -0.468 e. The maximum atomic E-state index is 9.00. The van der Waals surface area contributed by atoms with E-state index < -0.39 is 0 Å². The minimum absolute atomic E-state index is 0.255. The number of nitrogens with one attached hydrogen (secondary N) is 1. The second-order valence-corrected chi connectivity index (χ2v) is 7.92. The quantitative estimate of drug-likeness (QED) is 0.436. The fourth-order valence-corrected chi connectivity index (χ4v) is 4.46. The van der Waals surface area contributed by atoms with Crippen LogP contribution in [-0.4, -0.2) is 19.1 Å². The number of nitrogens with zero attached hydrogens (tertiary/aromatic N) is 4. The molecular weight excluding hydrogens is 402 g/mol. The molecule has 1 aliphatic heterocycles. The lowest BCUT2D eigenvalue weighted by molar-refractivity contribution is 0.408. The fraction of sp³-hybridized carbons (Fsp3) is 0.160. The number of fused-ring (bicyclic) bond motifs is 4. The number of hydrogen-bond acceptors (Lipinski definition) is 5. The summed E-state index contributed by atoms with van der Waals surface area (Å²) in [5.74, 6) is 1.76. The zero-order valence-electron chi connectivity index (χ0n) is 17.3. The molecule has 7 heteroatoms. The maximum absolute atomic E-state index is 9.00. The first-order valence-corrected chi connectivity index (χ1v) is 10.6. The molecule has 1 N–H and O–H groups in total. The summed E-state index contributed by atoms with van der Waals surface area (Å²) >= 11 is 0. The van der Waals surface area contributed by atoms with Crippen LogP contribution in [0.2, 0.25) is 0 Å². The first-order valence-electron chi connectivity index (χ1n) is 10.6. The van der Waals surface area contributed by atoms with Gasteiger partial charge in [-0.3, -0.25) is 5.41 Å². The van der Waals surface area contributed by atoms with E-state index in [0.717, 1.165) is 46.4 Å². The molecule has 0 bridgehead atoms. The molecule has 0 aliphatic carbocycles. The van der Waals surface area contributed by atoms with Gasteiger partial charge in [-0.2, -0.15) is 0 Å². The molecule has 0 radical (unpaired) electrons. The second-order valence-electron chi connectivity index (χ2n) is 7.92. The summed E-state index contributed by atoms with van der Waals surface area (Å²) in [6.07, 6.45) is 9.75. The topological polar surface area (TPSA) is 81.9 Å². The predicted molar refractivity (Wildman–Crippen MR) is 119 cm³/mol. The van der Waals surface area contributed by atoms with Crippen LogP contribution in [0.1, 0.15) is 29.2 Å². The van der Waals surface area contributed by atoms with Gasteiger partial charge in [-0.15, -0.1) is 0 Å². The molecule has 0 amide bonds. The summed E-state index contributed by atoms with van der Waals surface area (Å²) in [5, 5.41) is 11.1.